The number of halogens is 2. The molecule has 0 bridgehead atoms. The minimum absolute atomic E-state index is 0. The SMILES string of the molecule is CCNC(=NCc1cc(Cl)c(OCC)c(OC)c1)NCc1cccs1.I. The van der Waals surface area contributed by atoms with Crippen LogP contribution in [0.15, 0.2) is 34.6 Å². The van der Waals surface area contributed by atoms with Gasteiger partial charge in [0.15, 0.2) is 17.5 Å². The zero-order valence-electron chi connectivity index (χ0n) is 15.2. The van der Waals surface area contributed by atoms with E-state index in [4.69, 9.17) is 21.1 Å². The van der Waals surface area contributed by atoms with E-state index in [0.29, 0.717) is 29.7 Å². The van der Waals surface area contributed by atoms with Crippen LogP contribution in [-0.4, -0.2) is 26.2 Å². The Morgan fingerprint density at radius 2 is 2.08 bits per heavy atom. The molecule has 0 atom stereocenters. The lowest BCUT2D eigenvalue weighted by molar-refractivity contribution is 0.311. The first kappa shape index (κ1) is 22.9. The van der Waals surface area contributed by atoms with Gasteiger partial charge in [-0.3, -0.25) is 0 Å². The van der Waals surface area contributed by atoms with Crippen molar-refractivity contribution in [2.24, 2.45) is 4.99 Å². The third kappa shape index (κ3) is 6.85. The highest BCUT2D eigenvalue weighted by Gasteiger charge is 2.11. The Labute approximate surface area is 181 Å². The van der Waals surface area contributed by atoms with Gasteiger partial charge in [0, 0.05) is 11.4 Å². The summed E-state index contributed by atoms with van der Waals surface area (Å²) in [4.78, 5) is 5.88. The molecule has 1 heterocycles. The van der Waals surface area contributed by atoms with Crippen LogP contribution in [0, 0.1) is 0 Å². The lowest BCUT2D eigenvalue weighted by atomic mass is 10.2. The van der Waals surface area contributed by atoms with Crippen LogP contribution in [0.5, 0.6) is 11.5 Å². The van der Waals surface area contributed by atoms with E-state index in [1.807, 2.05) is 32.0 Å². The number of aliphatic imine (C=N–C) groups is 1. The van der Waals surface area contributed by atoms with Crippen molar-refractivity contribution in [3.05, 3.63) is 45.1 Å². The minimum Gasteiger partial charge on any atom is -0.493 e. The van der Waals surface area contributed by atoms with Crippen molar-refractivity contribution in [2.45, 2.75) is 26.9 Å². The second-order valence-corrected chi connectivity index (χ2v) is 6.61. The molecule has 0 radical (unpaired) electrons. The number of nitrogens with zero attached hydrogens (tertiary/aromatic N) is 1. The van der Waals surface area contributed by atoms with Crippen molar-refractivity contribution < 1.29 is 9.47 Å². The first-order valence-corrected chi connectivity index (χ1v) is 9.47. The molecular weight excluding hydrogens is 485 g/mol. The standard InChI is InChI=1S/C18H24ClN3O2S.HI/c1-4-20-18(22-12-14-7-6-8-25-14)21-11-13-9-15(19)17(24-5-2)16(10-13)23-3;/h6-10H,4-5,11-12H2,1-3H3,(H2,20,21,22);1H. The van der Waals surface area contributed by atoms with Crippen molar-refractivity contribution >= 4 is 52.9 Å². The Bertz CT molecular complexity index is 696. The molecule has 2 rings (SSSR count). The third-order valence-corrected chi connectivity index (χ3v) is 4.51. The quantitative estimate of drug-likeness (QED) is 0.308. The lowest BCUT2D eigenvalue weighted by Gasteiger charge is -2.13. The van der Waals surface area contributed by atoms with Gasteiger partial charge in [-0.1, -0.05) is 17.7 Å². The molecule has 144 valence electrons. The summed E-state index contributed by atoms with van der Waals surface area (Å²) >= 11 is 8.03. The van der Waals surface area contributed by atoms with Gasteiger partial charge in [0.2, 0.25) is 0 Å². The Morgan fingerprint density at radius 1 is 1.27 bits per heavy atom. The van der Waals surface area contributed by atoms with Gasteiger partial charge in [-0.05, 0) is 43.0 Å². The zero-order valence-corrected chi connectivity index (χ0v) is 19.1. The molecule has 26 heavy (non-hydrogen) atoms. The maximum absolute atomic E-state index is 6.31. The molecule has 0 saturated heterocycles. The van der Waals surface area contributed by atoms with Gasteiger partial charge < -0.3 is 20.1 Å². The molecule has 2 N–H and O–H groups in total. The van der Waals surface area contributed by atoms with Crippen molar-refractivity contribution in [2.75, 3.05) is 20.3 Å². The fourth-order valence-electron chi connectivity index (χ4n) is 2.25. The molecule has 0 aliphatic heterocycles. The number of thiophene rings is 1. The Morgan fingerprint density at radius 3 is 2.69 bits per heavy atom. The summed E-state index contributed by atoms with van der Waals surface area (Å²) in [7, 11) is 1.61. The maximum atomic E-state index is 6.31. The van der Waals surface area contributed by atoms with Gasteiger partial charge >= 0.3 is 0 Å². The van der Waals surface area contributed by atoms with E-state index >= 15 is 0 Å². The molecule has 0 aliphatic carbocycles. The summed E-state index contributed by atoms with van der Waals surface area (Å²) in [5.74, 6) is 1.96. The van der Waals surface area contributed by atoms with Crippen LogP contribution in [0.2, 0.25) is 5.02 Å². The molecule has 0 spiro atoms. The molecule has 8 heteroatoms. The highest BCUT2D eigenvalue weighted by molar-refractivity contribution is 14.0. The van der Waals surface area contributed by atoms with Gasteiger partial charge in [0.25, 0.3) is 0 Å². The lowest BCUT2D eigenvalue weighted by Crippen LogP contribution is -2.36. The molecule has 0 unspecified atom stereocenters. The number of hydrogen-bond donors (Lipinski definition) is 2. The molecule has 5 nitrogen and oxygen atoms in total. The van der Waals surface area contributed by atoms with Crippen LogP contribution in [0.25, 0.3) is 0 Å². The van der Waals surface area contributed by atoms with Crippen LogP contribution in [-0.2, 0) is 13.1 Å². The third-order valence-electron chi connectivity index (χ3n) is 3.35. The van der Waals surface area contributed by atoms with Crippen molar-refractivity contribution in [1.82, 2.24) is 10.6 Å². The number of nitrogens with one attached hydrogen (secondary N) is 2. The Hall–Kier alpha value is -1.19. The topological polar surface area (TPSA) is 54.9 Å². The van der Waals surface area contributed by atoms with Gasteiger partial charge in [-0.2, -0.15) is 0 Å². The smallest absolute Gasteiger partial charge is 0.191 e. The fourth-order valence-corrected chi connectivity index (χ4v) is 3.18. The minimum atomic E-state index is 0. The number of ether oxygens (including phenoxy) is 2. The van der Waals surface area contributed by atoms with E-state index in [1.165, 1.54) is 4.88 Å². The summed E-state index contributed by atoms with van der Waals surface area (Å²) in [5, 5.41) is 9.17. The molecule has 1 aromatic carbocycles. The predicted octanol–water partition coefficient (Wildman–Crippen LogP) is 4.68. The molecule has 2 aromatic rings. The van der Waals surface area contributed by atoms with E-state index in [-0.39, 0.29) is 24.0 Å². The molecule has 0 aliphatic rings. The monoisotopic (exact) mass is 509 g/mol. The summed E-state index contributed by atoms with van der Waals surface area (Å²) in [6.07, 6.45) is 0. The second kappa shape index (κ2) is 12.2. The van der Waals surface area contributed by atoms with E-state index in [1.54, 1.807) is 18.4 Å². The number of benzene rings is 1. The number of hydrogen-bond acceptors (Lipinski definition) is 4. The van der Waals surface area contributed by atoms with Crippen LogP contribution in [0.4, 0.5) is 0 Å². The molecular formula is C18H25ClIN3O2S. The van der Waals surface area contributed by atoms with Gasteiger partial charge in [-0.15, -0.1) is 35.3 Å². The molecule has 0 saturated carbocycles. The first-order chi connectivity index (χ1) is 12.2. The number of guanidine groups is 1. The number of methoxy groups -OCH3 is 1. The molecule has 0 amide bonds. The van der Waals surface area contributed by atoms with Crippen LogP contribution in [0.3, 0.4) is 0 Å². The Balaban J connectivity index is 0.00000338. The van der Waals surface area contributed by atoms with Gasteiger partial charge in [0.05, 0.1) is 31.8 Å². The van der Waals surface area contributed by atoms with E-state index in [0.717, 1.165) is 24.6 Å². The van der Waals surface area contributed by atoms with Gasteiger partial charge in [-0.25, -0.2) is 4.99 Å². The van der Waals surface area contributed by atoms with Crippen LogP contribution >= 0.6 is 46.9 Å². The van der Waals surface area contributed by atoms with Crippen LogP contribution < -0.4 is 20.1 Å². The molecule has 0 fully saturated rings. The van der Waals surface area contributed by atoms with Crippen molar-refractivity contribution in [3.63, 3.8) is 0 Å². The summed E-state index contributed by atoms with van der Waals surface area (Å²) in [6, 6.07) is 7.91. The van der Waals surface area contributed by atoms with E-state index in [2.05, 4.69) is 27.1 Å². The van der Waals surface area contributed by atoms with Crippen molar-refractivity contribution in [3.8, 4) is 11.5 Å². The predicted molar refractivity (Wildman–Crippen MR) is 121 cm³/mol. The summed E-state index contributed by atoms with van der Waals surface area (Å²) < 4.78 is 10.9. The number of rotatable bonds is 8. The largest absolute Gasteiger partial charge is 0.493 e. The highest BCUT2D eigenvalue weighted by atomic mass is 127. The molecule has 1 aromatic heterocycles. The van der Waals surface area contributed by atoms with Crippen molar-refractivity contribution in [1.29, 1.82) is 0 Å². The summed E-state index contributed by atoms with van der Waals surface area (Å²) in [6.45, 7) is 6.52. The average molecular weight is 510 g/mol. The normalized spacial score (nSPS) is 10.8. The Kier molecular flexibility index (Phi) is 10.8. The highest BCUT2D eigenvalue weighted by Crippen LogP contribution is 2.36. The first-order valence-electron chi connectivity index (χ1n) is 8.21. The zero-order chi connectivity index (χ0) is 18.1. The van der Waals surface area contributed by atoms with E-state index < -0.39 is 0 Å². The second-order valence-electron chi connectivity index (χ2n) is 5.17. The fraction of sp³-hybridized carbons (Fsp3) is 0.389. The van der Waals surface area contributed by atoms with E-state index in [9.17, 15) is 0 Å². The van der Waals surface area contributed by atoms with Gasteiger partial charge in [0.1, 0.15) is 0 Å². The van der Waals surface area contributed by atoms with Crippen LogP contribution in [0.1, 0.15) is 24.3 Å². The summed E-state index contributed by atoms with van der Waals surface area (Å²) in [5.41, 5.74) is 0.957. The maximum Gasteiger partial charge on any atom is 0.191 e. The average Bonchev–Trinajstić information content (AvgIpc) is 3.13.